The van der Waals surface area contributed by atoms with Crippen LogP contribution >= 0.6 is 0 Å². The van der Waals surface area contributed by atoms with Crippen LogP contribution in [0.15, 0.2) is 30.6 Å². The predicted octanol–water partition coefficient (Wildman–Crippen LogP) is 2.97. The molecule has 0 radical (unpaired) electrons. The van der Waals surface area contributed by atoms with Crippen LogP contribution < -0.4 is 5.32 Å². The monoisotopic (exact) mass is 250 g/mol. The van der Waals surface area contributed by atoms with E-state index in [1.54, 1.807) is 6.07 Å². The van der Waals surface area contributed by atoms with Gasteiger partial charge in [-0.2, -0.15) is 5.26 Å². The Morgan fingerprint density at radius 3 is 2.74 bits per heavy atom. The summed E-state index contributed by atoms with van der Waals surface area (Å²) in [7, 11) is 0. The summed E-state index contributed by atoms with van der Waals surface area (Å²) < 4.78 is 0. The fraction of sp³-hybridized carbons (Fsp3) is 0.267. The van der Waals surface area contributed by atoms with Crippen molar-refractivity contribution in [2.24, 2.45) is 0 Å². The number of rotatable bonds is 2. The van der Waals surface area contributed by atoms with Gasteiger partial charge in [0.05, 0.1) is 0 Å². The molecule has 0 spiro atoms. The quantitative estimate of drug-likeness (QED) is 0.890. The average molecular weight is 250 g/mol. The second-order valence-electron chi connectivity index (χ2n) is 4.72. The summed E-state index contributed by atoms with van der Waals surface area (Å²) >= 11 is 0. The van der Waals surface area contributed by atoms with Gasteiger partial charge in [-0.15, -0.1) is 0 Å². The van der Waals surface area contributed by atoms with Gasteiger partial charge in [0.2, 0.25) is 0 Å². The minimum Gasteiger partial charge on any atom is -0.340 e. The highest BCUT2D eigenvalue weighted by Gasteiger charge is 2.09. The molecule has 0 aliphatic heterocycles. The maximum atomic E-state index is 8.82. The number of nitrogens with zero attached hydrogens (tertiary/aromatic N) is 3. The third-order valence-electron chi connectivity index (χ3n) is 3.40. The van der Waals surface area contributed by atoms with E-state index in [2.05, 4.69) is 33.5 Å². The summed E-state index contributed by atoms with van der Waals surface area (Å²) in [5.41, 5.74) is 4.27. The van der Waals surface area contributed by atoms with Crippen molar-refractivity contribution in [2.45, 2.75) is 25.7 Å². The zero-order valence-corrected chi connectivity index (χ0v) is 10.6. The van der Waals surface area contributed by atoms with Crippen LogP contribution in [0.3, 0.4) is 0 Å². The lowest BCUT2D eigenvalue weighted by atomic mass is 9.91. The molecule has 0 saturated carbocycles. The number of fused-ring (bicyclic) bond motifs is 1. The Morgan fingerprint density at radius 1 is 1.05 bits per heavy atom. The van der Waals surface area contributed by atoms with Gasteiger partial charge in [0.1, 0.15) is 23.9 Å². The van der Waals surface area contributed by atoms with E-state index in [0.717, 1.165) is 12.1 Å². The predicted molar refractivity (Wildman–Crippen MR) is 73.1 cm³/mol. The summed E-state index contributed by atoms with van der Waals surface area (Å²) in [6.45, 7) is 0. The first-order valence-corrected chi connectivity index (χ1v) is 6.46. The summed E-state index contributed by atoms with van der Waals surface area (Å²) in [6, 6.07) is 10.1. The Morgan fingerprint density at radius 2 is 1.89 bits per heavy atom. The van der Waals surface area contributed by atoms with Gasteiger partial charge >= 0.3 is 0 Å². The first kappa shape index (κ1) is 11.7. The molecule has 2 aromatic rings. The third kappa shape index (κ3) is 2.55. The van der Waals surface area contributed by atoms with Crippen LogP contribution in [-0.4, -0.2) is 9.97 Å². The van der Waals surface area contributed by atoms with Gasteiger partial charge in [-0.1, -0.05) is 6.07 Å². The van der Waals surface area contributed by atoms with E-state index < -0.39 is 0 Å². The highest BCUT2D eigenvalue weighted by Crippen LogP contribution is 2.25. The van der Waals surface area contributed by atoms with Gasteiger partial charge in [-0.25, -0.2) is 9.97 Å². The Kier molecular flexibility index (Phi) is 3.11. The molecule has 0 amide bonds. The maximum Gasteiger partial charge on any atom is 0.145 e. The highest BCUT2D eigenvalue weighted by atomic mass is 15.0. The van der Waals surface area contributed by atoms with E-state index in [-0.39, 0.29) is 0 Å². The van der Waals surface area contributed by atoms with Crippen molar-refractivity contribution < 1.29 is 0 Å². The molecule has 1 aliphatic carbocycles. The molecule has 1 aromatic heterocycles. The number of anilines is 2. The van der Waals surface area contributed by atoms with Gasteiger partial charge in [-0.3, -0.25) is 0 Å². The fourth-order valence-electron chi connectivity index (χ4n) is 2.45. The van der Waals surface area contributed by atoms with Crippen LogP contribution in [-0.2, 0) is 12.8 Å². The highest BCUT2D eigenvalue weighted by molar-refractivity contribution is 5.59. The average Bonchev–Trinajstić information content (AvgIpc) is 2.47. The lowest BCUT2D eigenvalue weighted by Crippen LogP contribution is -2.03. The molecule has 0 fully saturated rings. The van der Waals surface area contributed by atoms with Crippen molar-refractivity contribution in [2.75, 3.05) is 5.32 Å². The van der Waals surface area contributed by atoms with Crippen LogP contribution in [0.5, 0.6) is 0 Å². The molecular formula is C15H14N4. The van der Waals surface area contributed by atoms with Gasteiger partial charge < -0.3 is 5.32 Å². The van der Waals surface area contributed by atoms with E-state index >= 15 is 0 Å². The van der Waals surface area contributed by atoms with Crippen LogP contribution in [0.4, 0.5) is 11.5 Å². The molecule has 94 valence electrons. The molecule has 1 aromatic carbocycles. The molecule has 1 N–H and O–H groups in total. The minimum absolute atomic E-state index is 0.371. The lowest BCUT2D eigenvalue weighted by Gasteiger charge is -2.17. The van der Waals surface area contributed by atoms with Gasteiger partial charge in [-0.05, 0) is 48.9 Å². The molecule has 19 heavy (non-hydrogen) atoms. The van der Waals surface area contributed by atoms with Gasteiger partial charge in [0.15, 0.2) is 0 Å². The summed E-state index contributed by atoms with van der Waals surface area (Å²) in [5.74, 6) is 0.655. The number of aryl methyl sites for hydroxylation is 2. The van der Waals surface area contributed by atoms with Crippen LogP contribution in [0.1, 0.15) is 29.7 Å². The SMILES string of the molecule is N#Cc1cc(Nc2ccc3c(c2)CCCC3)ncn1. The number of hydrogen-bond acceptors (Lipinski definition) is 4. The number of benzene rings is 1. The maximum absolute atomic E-state index is 8.82. The lowest BCUT2D eigenvalue weighted by molar-refractivity contribution is 0.686. The van der Waals surface area contributed by atoms with Crippen molar-refractivity contribution >= 4 is 11.5 Å². The van der Waals surface area contributed by atoms with Crippen LogP contribution in [0.2, 0.25) is 0 Å². The van der Waals surface area contributed by atoms with E-state index in [4.69, 9.17) is 5.26 Å². The molecule has 1 heterocycles. The molecule has 1 aliphatic rings. The molecule has 3 rings (SSSR count). The van der Waals surface area contributed by atoms with Crippen molar-refractivity contribution in [3.63, 3.8) is 0 Å². The standard InChI is InChI=1S/C15H14N4/c16-9-14-8-15(18-10-17-14)19-13-6-5-11-3-1-2-4-12(11)7-13/h5-8,10H,1-4H2,(H,17,18,19). The van der Waals surface area contributed by atoms with Crippen LogP contribution in [0, 0.1) is 11.3 Å². The minimum atomic E-state index is 0.371. The zero-order chi connectivity index (χ0) is 13.1. The molecule has 0 unspecified atom stereocenters. The molecule has 0 atom stereocenters. The number of aromatic nitrogens is 2. The fourth-order valence-corrected chi connectivity index (χ4v) is 2.45. The van der Waals surface area contributed by atoms with Crippen molar-refractivity contribution in [3.8, 4) is 6.07 Å². The van der Waals surface area contributed by atoms with Crippen molar-refractivity contribution in [1.82, 2.24) is 9.97 Å². The first-order chi connectivity index (χ1) is 9.35. The zero-order valence-electron chi connectivity index (χ0n) is 10.6. The molecule has 0 bridgehead atoms. The second-order valence-corrected chi connectivity index (χ2v) is 4.72. The molecule has 4 nitrogen and oxygen atoms in total. The van der Waals surface area contributed by atoms with Gasteiger partial charge in [0, 0.05) is 11.8 Å². The summed E-state index contributed by atoms with van der Waals surface area (Å²) in [5, 5.41) is 12.0. The number of nitrogens with one attached hydrogen (secondary N) is 1. The first-order valence-electron chi connectivity index (χ1n) is 6.46. The number of hydrogen-bond donors (Lipinski definition) is 1. The molecular weight excluding hydrogens is 236 g/mol. The van der Waals surface area contributed by atoms with Gasteiger partial charge in [0.25, 0.3) is 0 Å². The Labute approximate surface area is 112 Å². The van der Waals surface area contributed by atoms with Crippen LogP contribution in [0.25, 0.3) is 0 Å². The Bertz CT molecular complexity index is 643. The van der Waals surface area contributed by atoms with Crippen molar-refractivity contribution in [3.05, 3.63) is 47.4 Å². The smallest absolute Gasteiger partial charge is 0.145 e. The Hall–Kier alpha value is -2.41. The normalized spacial score (nSPS) is 13.4. The number of nitriles is 1. The summed E-state index contributed by atoms with van der Waals surface area (Å²) in [6.07, 6.45) is 6.29. The largest absolute Gasteiger partial charge is 0.340 e. The van der Waals surface area contributed by atoms with E-state index in [9.17, 15) is 0 Å². The second kappa shape index (κ2) is 5.07. The summed E-state index contributed by atoms with van der Waals surface area (Å²) in [4.78, 5) is 7.98. The molecule has 4 heteroatoms. The Balaban J connectivity index is 1.85. The van der Waals surface area contributed by atoms with E-state index in [0.29, 0.717) is 11.5 Å². The van der Waals surface area contributed by atoms with Crippen molar-refractivity contribution in [1.29, 1.82) is 5.26 Å². The third-order valence-corrected chi connectivity index (χ3v) is 3.40. The molecule has 0 saturated heterocycles. The van der Waals surface area contributed by atoms with E-state index in [1.807, 2.05) is 6.07 Å². The van der Waals surface area contributed by atoms with E-state index in [1.165, 1.54) is 36.7 Å². The topological polar surface area (TPSA) is 61.6 Å².